The summed E-state index contributed by atoms with van der Waals surface area (Å²) < 4.78 is 7.06. The van der Waals surface area contributed by atoms with Crippen LogP contribution in [0.5, 0.6) is 0 Å². The largest absolute Gasteiger partial charge is 0.384 e. The van der Waals surface area contributed by atoms with Gasteiger partial charge in [0, 0.05) is 22.5 Å². The zero-order chi connectivity index (χ0) is 29.0. The maximum Gasteiger partial charge on any atom is 0.106 e. The van der Waals surface area contributed by atoms with E-state index < -0.39 is 6.10 Å². The summed E-state index contributed by atoms with van der Waals surface area (Å²) in [6.45, 7) is 20.2. The molecule has 1 saturated carbocycles. The Bertz CT molecular complexity index is 1250. The van der Waals surface area contributed by atoms with E-state index in [1.54, 1.807) is 0 Å². The molecule has 1 aromatic carbocycles. The second-order valence-corrected chi connectivity index (χ2v) is 15.6. The average Bonchev–Trinajstić information content (AvgIpc) is 3.39. The third-order valence-corrected chi connectivity index (χ3v) is 10.1. The topological polar surface area (TPSA) is 42.4 Å². The molecule has 1 fully saturated rings. The Morgan fingerprint density at radius 1 is 0.975 bits per heavy atom. The first-order chi connectivity index (χ1) is 18.7. The summed E-state index contributed by atoms with van der Waals surface area (Å²) >= 11 is 0. The van der Waals surface area contributed by atoms with E-state index in [2.05, 4.69) is 92.7 Å². The van der Waals surface area contributed by atoms with Crippen molar-refractivity contribution in [1.82, 2.24) is 4.98 Å². The fraction of sp³-hybridized carbons (Fsp3) is 0.649. The molecule has 0 bridgehead atoms. The molecule has 3 atom stereocenters. The highest BCUT2D eigenvalue weighted by Gasteiger charge is 2.47. The van der Waals surface area contributed by atoms with Crippen molar-refractivity contribution in [2.24, 2.45) is 10.8 Å². The standard InChI is InChI=1S/C37H53NO2/c1-23(2)33-32(34(39)26-15-17-27(18-16-26)36(7,8)9)30(25-13-10-11-14-25)31-28(38-33)21-37(19-12-20-37)22-29(31)40-24(3)35(4,5)6/h13,15-18,23-24,29,34,39H,10-12,14,19-22H2,1-9H3/t24?,29?,34-/m1/s1. The van der Waals surface area contributed by atoms with Crippen LogP contribution in [0, 0.1) is 10.8 Å². The van der Waals surface area contributed by atoms with E-state index in [0.717, 1.165) is 42.5 Å². The molecular weight excluding hydrogens is 490 g/mol. The summed E-state index contributed by atoms with van der Waals surface area (Å²) in [6.07, 6.45) is 11.2. The summed E-state index contributed by atoms with van der Waals surface area (Å²) in [5.41, 5.74) is 9.94. The maximum absolute atomic E-state index is 12.2. The van der Waals surface area contributed by atoms with Gasteiger partial charge in [-0.3, -0.25) is 4.98 Å². The fourth-order valence-electron chi connectivity index (χ4n) is 7.00. The second kappa shape index (κ2) is 10.7. The van der Waals surface area contributed by atoms with Gasteiger partial charge < -0.3 is 9.84 Å². The number of pyridine rings is 1. The minimum absolute atomic E-state index is 0.0118. The first-order valence-corrected chi connectivity index (χ1v) is 15.9. The zero-order valence-electron chi connectivity index (χ0n) is 26.7. The Kier molecular flexibility index (Phi) is 7.90. The monoisotopic (exact) mass is 543 g/mol. The van der Waals surface area contributed by atoms with Crippen molar-refractivity contribution in [2.45, 2.75) is 143 Å². The van der Waals surface area contributed by atoms with Gasteiger partial charge in [0.2, 0.25) is 0 Å². The second-order valence-electron chi connectivity index (χ2n) is 15.6. The van der Waals surface area contributed by atoms with Crippen molar-refractivity contribution >= 4 is 5.57 Å². The number of rotatable bonds is 6. The summed E-state index contributed by atoms with van der Waals surface area (Å²) in [4.78, 5) is 5.48. The molecule has 2 unspecified atom stereocenters. The van der Waals surface area contributed by atoms with Gasteiger partial charge in [0.25, 0.3) is 0 Å². The molecule has 3 aliphatic rings. The number of hydrogen-bond acceptors (Lipinski definition) is 3. The molecule has 218 valence electrons. The Balaban J connectivity index is 1.72. The molecule has 3 aliphatic carbocycles. The number of aromatic nitrogens is 1. The fourth-order valence-corrected chi connectivity index (χ4v) is 7.00. The van der Waals surface area contributed by atoms with Gasteiger partial charge >= 0.3 is 0 Å². The van der Waals surface area contributed by atoms with Crippen LogP contribution in [-0.2, 0) is 16.6 Å². The van der Waals surface area contributed by atoms with Crippen LogP contribution in [0.25, 0.3) is 5.57 Å². The van der Waals surface area contributed by atoms with Gasteiger partial charge in [-0.25, -0.2) is 0 Å². The summed E-state index contributed by atoms with van der Waals surface area (Å²) in [7, 11) is 0. The van der Waals surface area contributed by atoms with Gasteiger partial charge in [0.05, 0.1) is 12.2 Å². The molecule has 40 heavy (non-hydrogen) atoms. The average molecular weight is 544 g/mol. The lowest BCUT2D eigenvalue weighted by Gasteiger charge is -2.49. The number of benzene rings is 1. The molecular formula is C37H53NO2. The summed E-state index contributed by atoms with van der Waals surface area (Å²) in [5.74, 6) is 0.219. The van der Waals surface area contributed by atoms with Crippen LogP contribution in [0.15, 0.2) is 30.3 Å². The smallest absolute Gasteiger partial charge is 0.106 e. The molecule has 3 heteroatoms. The van der Waals surface area contributed by atoms with E-state index in [0.29, 0.717) is 5.41 Å². The van der Waals surface area contributed by atoms with E-state index >= 15 is 0 Å². The van der Waals surface area contributed by atoms with Crippen LogP contribution in [0.2, 0.25) is 0 Å². The maximum atomic E-state index is 12.2. The first kappa shape index (κ1) is 29.5. The summed E-state index contributed by atoms with van der Waals surface area (Å²) in [5, 5.41) is 12.2. The van der Waals surface area contributed by atoms with Crippen LogP contribution in [0.4, 0.5) is 0 Å². The quantitative estimate of drug-likeness (QED) is 0.394. The summed E-state index contributed by atoms with van der Waals surface area (Å²) in [6, 6.07) is 8.62. The van der Waals surface area contributed by atoms with Crippen molar-refractivity contribution in [2.75, 3.05) is 0 Å². The zero-order valence-corrected chi connectivity index (χ0v) is 26.7. The van der Waals surface area contributed by atoms with Gasteiger partial charge in [-0.1, -0.05) is 92.2 Å². The number of nitrogens with zero attached hydrogens (tertiary/aromatic N) is 1. The van der Waals surface area contributed by atoms with Gasteiger partial charge in [-0.05, 0) is 96.3 Å². The molecule has 1 heterocycles. The van der Waals surface area contributed by atoms with Crippen LogP contribution in [0.3, 0.4) is 0 Å². The molecule has 0 amide bonds. The molecule has 0 radical (unpaired) electrons. The lowest BCUT2D eigenvalue weighted by atomic mass is 9.59. The molecule has 3 nitrogen and oxygen atoms in total. The predicted molar refractivity (Wildman–Crippen MR) is 167 cm³/mol. The highest BCUT2D eigenvalue weighted by Crippen LogP contribution is 2.57. The van der Waals surface area contributed by atoms with Gasteiger partial charge in [-0.2, -0.15) is 0 Å². The minimum Gasteiger partial charge on any atom is -0.384 e. The SMILES string of the molecule is CC(C)c1nc2c(c(C3=CCCC3)c1[C@H](O)c1ccc(C(C)(C)C)cc1)C(OC(C)C(C)(C)C)CC1(CCC1)C2. The van der Waals surface area contributed by atoms with Gasteiger partial charge in [0.1, 0.15) is 6.10 Å². The number of ether oxygens (including phenoxy) is 1. The number of hydrogen-bond donors (Lipinski definition) is 1. The molecule has 1 N–H and O–H groups in total. The Labute approximate surface area is 243 Å². The van der Waals surface area contributed by atoms with E-state index in [1.807, 2.05) is 0 Å². The Hall–Kier alpha value is -1.97. The molecule has 0 saturated heterocycles. The van der Waals surface area contributed by atoms with E-state index in [4.69, 9.17) is 9.72 Å². The molecule has 5 rings (SSSR count). The van der Waals surface area contributed by atoms with E-state index in [-0.39, 0.29) is 29.0 Å². The van der Waals surface area contributed by atoms with Crippen LogP contribution in [-0.4, -0.2) is 16.2 Å². The molecule has 1 aromatic heterocycles. The Morgan fingerprint density at radius 2 is 1.65 bits per heavy atom. The first-order valence-electron chi connectivity index (χ1n) is 15.9. The third-order valence-electron chi connectivity index (χ3n) is 10.1. The van der Waals surface area contributed by atoms with Crippen molar-refractivity contribution in [3.05, 3.63) is 69.5 Å². The third kappa shape index (κ3) is 5.58. The minimum atomic E-state index is -0.721. The van der Waals surface area contributed by atoms with Gasteiger partial charge in [-0.15, -0.1) is 0 Å². The number of aliphatic hydroxyl groups excluding tert-OH is 1. The van der Waals surface area contributed by atoms with Crippen molar-refractivity contribution in [3.63, 3.8) is 0 Å². The molecule has 0 aliphatic heterocycles. The van der Waals surface area contributed by atoms with Crippen molar-refractivity contribution in [3.8, 4) is 0 Å². The molecule has 1 spiro atoms. The lowest BCUT2D eigenvalue weighted by Crippen LogP contribution is -2.41. The van der Waals surface area contributed by atoms with Crippen LogP contribution >= 0.6 is 0 Å². The van der Waals surface area contributed by atoms with E-state index in [1.165, 1.54) is 53.6 Å². The van der Waals surface area contributed by atoms with Crippen LogP contribution in [0.1, 0.15) is 165 Å². The highest BCUT2D eigenvalue weighted by atomic mass is 16.5. The van der Waals surface area contributed by atoms with Gasteiger partial charge in [0.15, 0.2) is 0 Å². The van der Waals surface area contributed by atoms with Crippen molar-refractivity contribution < 1.29 is 9.84 Å². The normalized spacial score (nSPS) is 22.2. The number of allylic oxidation sites excluding steroid dienone is 2. The predicted octanol–water partition coefficient (Wildman–Crippen LogP) is 9.76. The Morgan fingerprint density at radius 3 is 2.15 bits per heavy atom. The van der Waals surface area contributed by atoms with Crippen LogP contribution < -0.4 is 0 Å². The lowest BCUT2D eigenvalue weighted by molar-refractivity contribution is -0.0928. The number of fused-ring (bicyclic) bond motifs is 1. The molecule has 2 aromatic rings. The van der Waals surface area contributed by atoms with Crippen molar-refractivity contribution in [1.29, 1.82) is 0 Å². The highest BCUT2D eigenvalue weighted by molar-refractivity contribution is 5.75. The number of aliphatic hydroxyl groups is 1. The van der Waals surface area contributed by atoms with E-state index in [9.17, 15) is 5.11 Å².